The van der Waals surface area contributed by atoms with Crippen molar-refractivity contribution < 1.29 is 14.7 Å². The van der Waals surface area contributed by atoms with E-state index in [0.29, 0.717) is 12.3 Å². The van der Waals surface area contributed by atoms with Gasteiger partial charge in [-0.3, -0.25) is 4.79 Å². The molecule has 0 bridgehead atoms. The number of rotatable bonds is 4. The largest absolute Gasteiger partial charge is 0.478 e. The summed E-state index contributed by atoms with van der Waals surface area (Å²) >= 11 is 0. The average Bonchev–Trinajstić information content (AvgIpc) is 2.98. The summed E-state index contributed by atoms with van der Waals surface area (Å²) in [5, 5.41) is 8.93. The van der Waals surface area contributed by atoms with E-state index < -0.39 is 5.97 Å². The summed E-state index contributed by atoms with van der Waals surface area (Å²) in [5.74, 6) is -0.472. The molecule has 1 amide bonds. The van der Waals surface area contributed by atoms with E-state index >= 15 is 0 Å². The Hall–Kier alpha value is -2.62. The van der Waals surface area contributed by atoms with Gasteiger partial charge in [-0.2, -0.15) is 0 Å². The summed E-state index contributed by atoms with van der Waals surface area (Å²) < 4.78 is 0. The molecule has 1 N–H and O–H groups in total. The van der Waals surface area contributed by atoms with Gasteiger partial charge in [-0.15, -0.1) is 0 Å². The van der Waals surface area contributed by atoms with E-state index in [1.807, 2.05) is 23.1 Å². The maximum Gasteiger partial charge on any atom is 0.335 e. The first-order chi connectivity index (χ1) is 11.6. The third-order valence-corrected chi connectivity index (χ3v) is 4.86. The van der Waals surface area contributed by atoms with Crippen molar-refractivity contribution in [2.45, 2.75) is 31.7 Å². The molecule has 0 aliphatic carbocycles. The van der Waals surface area contributed by atoms with Crippen LogP contribution in [-0.2, 0) is 11.2 Å². The highest BCUT2D eigenvalue weighted by Gasteiger charge is 2.34. The van der Waals surface area contributed by atoms with Crippen LogP contribution in [0.3, 0.4) is 0 Å². The van der Waals surface area contributed by atoms with E-state index in [4.69, 9.17) is 5.11 Å². The summed E-state index contributed by atoms with van der Waals surface area (Å²) in [6, 6.07) is 17.0. The number of amides is 1. The number of hydrogen-bond acceptors (Lipinski definition) is 2. The topological polar surface area (TPSA) is 57.6 Å². The fourth-order valence-corrected chi connectivity index (χ4v) is 3.48. The molecule has 0 spiro atoms. The Morgan fingerprint density at radius 2 is 1.75 bits per heavy atom. The molecule has 1 fully saturated rings. The van der Waals surface area contributed by atoms with Gasteiger partial charge < -0.3 is 10.0 Å². The highest BCUT2D eigenvalue weighted by molar-refractivity contribution is 5.87. The number of carboxylic acid groups (broad SMARTS) is 1. The van der Waals surface area contributed by atoms with Gasteiger partial charge in [0.1, 0.15) is 0 Å². The molecule has 2 aromatic rings. The van der Waals surface area contributed by atoms with Gasteiger partial charge in [0, 0.05) is 18.5 Å². The van der Waals surface area contributed by atoms with Crippen LogP contribution in [0.5, 0.6) is 0 Å². The molecular formula is C20H21NO3. The van der Waals surface area contributed by atoms with Crippen molar-refractivity contribution >= 4 is 11.9 Å². The Kier molecular flexibility index (Phi) is 4.65. The van der Waals surface area contributed by atoms with E-state index in [9.17, 15) is 9.59 Å². The molecule has 4 nitrogen and oxygen atoms in total. The van der Waals surface area contributed by atoms with Gasteiger partial charge >= 0.3 is 5.97 Å². The number of benzene rings is 2. The van der Waals surface area contributed by atoms with E-state index in [2.05, 4.69) is 19.1 Å². The first-order valence-corrected chi connectivity index (χ1v) is 8.23. The molecule has 24 heavy (non-hydrogen) atoms. The fraction of sp³-hybridized carbons (Fsp3) is 0.300. The van der Waals surface area contributed by atoms with Crippen LogP contribution < -0.4 is 0 Å². The zero-order chi connectivity index (χ0) is 17.1. The standard InChI is InChI=1S/C20H21NO3/c1-14-18(16-5-3-2-4-6-16)11-12-21(14)19(22)13-15-7-9-17(10-8-15)20(23)24/h2-10,14,18H,11-13H2,1H3,(H,23,24). The van der Waals surface area contributed by atoms with Crippen molar-refractivity contribution in [3.8, 4) is 0 Å². The van der Waals surface area contributed by atoms with E-state index in [-0.39, 0.29) is 17.5 Å². The SMILES string of the molecule is CC1C(c2ccccc2)CCN1C(=O)Cc1ccc(C(=O)O)cc1. The van der Waals surface area contributed by atoms with Gasteiger partial charge in [0.25, 0.3) is 0 Å². The lowest BCUT2D eigenvalue weighted by atomic mass is 9.93. The van der Waals surface area contributed by atoms with Crippen molar-refractivity contribution in [3.63, 3.8) is 0 Å². The van der Waals surface area contributed by atoms with Gasteiger partial charge in [0.2, 0.25) is 5.91 Å². The lowest BCUT2D eigenvalue weighted by molar-refractivity contribution is -0.131. The second-order valence-electron chi connectivity index (χ2n) is 6.31. The number of hydrogen-bond donors (Lipinski definition) is 1. The maximum absolute atomic E-state index is 12.6. The molecule has 1 aliphatic heterocycles. The Labute approximate surface area is 141 Å². The van der Waals surface area contributed by atoms with Crippen molar-refractivity contribution in [1.82, 2.24) is 4.90 Å². The third-order valence-electron chi connectivity index (χ3n) is 4.86. The van der Waals surface area contributed by atoms with E-state index in [0.717, 1.165) is 18.5 Å². The second kappa shape index (κ2) is 6.87. The second-order valence-corrected chi connectivity index (χ2v) is 6.31. The number of carbonyl (C=O) groups excluding carboxylic acids is 1. The first-order valence-electron chi connectivity index (χ1n) is 8.23. The number of nitrogens with zero attached hydrogens (tertiary/aromatic N) is 1. The van der Waals surface area contributed by atoms with Crippen molar-refractivity contribution in [1.29, 1.82) is 0 Å². The Morgan fingerprint density at radius 3 is 2.38 bits per heavy atom. The van der Waals surface area contributed by atoms with Crippen LogP contribution in [0.1, 0.15) is 40.7 Å². The quantitative estimate of drug-likeness (QED) is 0.939. The minimum Gasteiger partial charge on any atom is -0.478 e. The summed E-state index contributed by atoms with van der Waals surface area (Å²) in [5.41, 5.74) is 2.37. The molecule has 1 saturated heterocycles. The van der Waals surface area contributed by atoms with E-state index in [1.54, 1.807) is 24.3 Å². The number of aromatic carboxylic acids is 1. The van der Waals surface area contributed by atoms with Crippen molar-refractivity contribution in [2.24, 2.45) is 0 Å². The molecule has 4 heteroatoms. The van der Waals surface area contributed by atoms with Gasteiger partial charge in [0.05, 0.1) is 12.0 Å². The molecule has 2 unspecified atom stereocenters. The average molecular weight is 323 g/mol. The molecule has 0 saturated carbocycles. The first kappa shape index (κ1) is 16.2. The zero-order valence-corrected chi connectivity index (χ0v) is 13.7. The lowest BCUT2D eigenvalue weighted by Crippen LogP contribution is -2.36. The summed E-state index contributed by atoms with van der Waals surface area (Å²) in [6.07, 6.45) is 1.29. The number of likely N-dealkylation sites (tertiary alicyclic amines) is 1. The normalized spacial score (nSPS) is 20.1. The lowest BCUT2D eigenvalue weighted by Gasteiger charge is -2.25. The van der Waals surface area contributed by atoms with Gasteiger partial charge in [0.15, 0.2) is 0 Å². The smallest absolute Gasteiger partial charge is 0.335 e. The molecule has 2 atom stereocenters. The summed E-state index contributed by atoms with van der Waals surface area (Å²) in [7, 11) is 0. The van der Waals surface area contributed by atoms with Crippen LogP contribution in [0.4, 0.5) is 0 Å². The highest BCUT2D eigenvalue weighted by Crippen LogP contribution is 2.33. The number of carboxylic acids is 1. The molecule has 1 heterocycles. The van der Waals surface area contributed by atoms with Crippen LogP contribution in [-0.4, -0.2) is 34.5 Å². The molecule has 0 aromatic heterocycles. The fourth-order valence-electron chi connectivity index (χ4n) is 3.48. The van der Waals surface area contributed by atoms with Crippen LogP contribution in [0.2, 0.25) is 0 Å². The predicted octanol–water partition coefficient (Wildman–Crippen LogP) is 3.33. The summed E-state index contributed by atoms with van der Waals surface area (Å²) in [6.45, 7) is 2.88. The molecule has 124 valence electrons. The Balaban J connectivity index is 1.66. The third kappa shape index (κ3) is 3.32. The monoisotopic (exact) mass is 323 g/mol. The molecule has 2 aromatic carbocycles. The predicted molar refractivity (Wildman–Crippen MR) is 92.1 cm³/mol. The Bertz CT molecular complexity index is 724. The van der Waals surface area contributed by atoms with Crippen molar-refractivity contribution in [3.05, 3.63) is 71.3 Å². The highest BCUT2D eigenvalue weighted by atomic mass is 16.4. The van der Waals surface area contributed by atoms with Crippen LogP contribution in [0.15, 0.2) is 54.6 Å². The van der Waals surface area contributed by atoms with Crippen molar-refractivity contribution in [2.75, 3.05) is 6.54 Å². The Morgan fingerprint density at radius 1 is 1.08 bits per heavy atom. The minimum absolute atomic E-state index is 0.101. The van der Waals surface area contributed by atoms with Crippen LogP contribution in [0.25, 0.3) is 0 Å². The number of carbonyl (C=O) groups is 2. The zero-order valence-electron chi connectivity index (χ0n) is 13.7. The minimum atomic E-state index is -0.952. The summed E-state index contributed by atoms with van der Waals surface area (Å²) in [4.78, 5) is 25.5. The molecule has 3 rings (SSSR count). The van der Waals surface area contributed by atoms with E-state index in [1.165, 1.54) is 5.56 Å². The maximum atomic E-state index is 12.6. The van der Waals surface area contributed by atoms with Crippen LogP contribution in [0, 0.1) is 0 Å². The molecule has 1 aliphatic rings. The van der Waals surface area contributed by atoms with Gasteiger partial charge in [-0.25, -0.2) is 4.79 Å². The molecule has 0 radical (unpaired) electrons. The van der Waals surface area contributed by atoms with Crippen LogP contribution >= 0.6 is 0 Å². The van der Waals surface area contributed by atoms with Gasteiger partial charge in [-0.05, 0) is 36.6 Å². The van der Waals surface area contributed by atoms with Gasteiger partial charge in [-0.1, -0.05) is 42.5 Å². The molecular weight excluding hydrogens is 302 g/mol.